The van der Waals surface area contributed by atoms with Crippen molar-refractivity contribution in [3.05, 3.63) is 66.1 Å². The fourth-order valence-corrected chi connectivity index (χ4v) is 1.96. The van der Waals surface area contributed by atoms with Crippen molar-refractivity contribution in [2.45, 2.75) is 13.5 Å². The van der Waals surface area contributed by atoms with E-state index >= 15 is 0 Å². The number of nitrogens with zero attached hydrogens (tertiary/aromatic N) is 3. The van der Waals surface area contributed by atoms with Crippen molar-refractivity contribution >= 4 is 5.91 Å². The van der Waals surface area contributed by atoms with Gasteiger partial charge in [0.05, 0.1) is 6.54 Å². The largest absolute Gasteiger partial charge is 0.424 e. The zero-order chi connectivity index (χ0) is 14.7. The van der Waals surface area contributed by atoms with Crippen LogP contribution < -0.4 is 5.32 Å². The lowest BCUT2D eigenvalue weighted by Crippen LogP contribution is -2.22. The highest BCUT2D eigenvalue weighted by atomic mass is 16.4. The monoisotopic (exact) mass is 282 g/mol. The molecule has 3 aromatic rings. The van der Waals surface area contributed by atoms with E-state index in [0.29, 0.717) is 17.3 Å². The first kappa shape index (κ1) is 13.1. The molecule has 106 valence electrons. The van der Waals surface area contributed by atoms with E-state index in [0.717, 1.165) is 5.69 Å². The van der Waals surface area contributed by atoms with Gasteiger partial charge in [-0.2, -0.15) is 0 Å². The number of hydrogen-bond donors (Lipinski definition) is 1. The Bertz CT molecular complexity index is 729. The summed E-state index contributed by atoms with van der Waals surface area (Å²) in [5.74, 6) is 0.699. The van der Waals surface area contributed by atoms with E-state index in [1.165, 1.54) is 0 Å². The maximum absolute atomic E-state index is 12.0. The van der Waals surface area contributed by atoms with E-state index in [4.69, 9.17) is 4.42 Å². The number of nitrogens with one attached hydrogen (secondary N) is 1. The second-order valence-electron chi connectivity index (χ2n) is 4.53. The zero-order valence-corrected chi connectivity index (χ0v) is 11.5. The average molecular weight is 282 g/mol. The molecule has 0 atom stereocenters. The topological polar surface area (TPSA) is 73.0 Å². The Morgan fingerprint density at radius 3 is 2.52 bits per heavy atom. The number of rotatable bonds is 4. The first-order chi connectivity index (χ1) is 10.2. The van der Waals surface area contributed by atoms with Crippen molar-refractivity contribution in [1.82, 2.24) is 20.1 Å². The molecule has 0 aliphatic carbocycles. The average Bonchev–Trinajstić information content (AvgIpc) is 3.16. The Labute approximate surface area is 121 Å². The molecular weight excluding hydrogens is 268 g/mol. The van der Waals surface area contributed by atoms with Crippen molar-refractivity contribution in [1.29, 1.82) is 0 Å². The second kappa shape index (κ2) is 5.62. The number of carbonyl (C=O) groups is 1. The maximum atomic E-state index is 12.0. The molecule has 1 amide bonds. The highest BCUT2D eigenvalue weighted by Gasteiger charge is 2.08. The number of hydrogen-bond acceptors (Lipinski definition) is 4. The molecule has 0 bridgehead atoms. The number of benzene rings is 1. The quantitative estimate of drug-likeness (QED) is 0.795. The normalized spacial score (nSPS) is 10.5. The van der Waals surface area contributed by atoms with Crippen LogP contribution in [0.5, 0.6) is 0 Å². The number of aromatic nitrogens is 3. The summed E-state index contributed by atoms with van der Waals surface area (Å²) in [4.78, 5) is 12.0. The van der Waals surface area contributed by atoms with Crippen molar-refractivity contribution < 1.29 is 9.21 Å². The molecular formula is C15H14N4O2. The van der Waals surface area contributed by atoms with Crippen LogP contribution in [0.4, 0.5) is 0 Å². The maximum Gasteiger partial charge on any atom is 0.251 e. The summed E-state index contributed by atoms with van der Waals surface area (Å²) < 4.78 is 7.17. The van der Waals surface area contributed by atoms with E-state index in [-0.39, 0.29) is 12.5 Å². The number of amides is 1. The van der Waals surface area contributed by atoms with Crippen molar-refractivity contribution in [3.8, 4) is 5.69 Å². The Morgan fingerprint density at radius 2 is 1.90 bits per heavy atom. The van der Waals surface area contributed by atoms with Crippen LogP contribution in [0, 0.1) is 6.92 Å². The molecule has 0 aliphatic heterocycles. The third-order valence-corrected chi connectivity index (χ3v) is 3.00. The van der Waals surface area contributed by atoms with Gasteiger partial charge in [-0.25, -0.2) is 0 Å². The summed E-state index contributed by atoms with van der Waals surface area (Å²) in [6.45, 7) is 1.93. The lowest BCUT2D eigenvalue weighted by atomic mass is 10.2. The fraction of sp³-hybridized carbons (Fsp3) is 0.133. The van der Waals surface area contributed by atoms with Crippen LogP contribution in [-0.4, -0.2) is 20.7 Å². The molecule has 0 radical (unpaired) electrons. The zero-order valence-electron chi connectivity index (χ0n) is 11.5. The standard InChI is InChI=1S/C15H14N4O2/c1-11-17-18-14(21-11)10-16-15(20)12-4-6-13(7-5-12)19-8-2-3-9-19/h2-9H,10H2,1H3,(H,16,20). The lowest BCUT2D eigenvalue weighted by Gasteiger charge is -2.05. The molecule has 2 aromatic heterocycles. The van der Waals surface area contributed by atoms with Gasteiger partial charge in [0.15, 0.2) is 0 Å². The van der Waals surface area contributed by atoms with E-state index in [1.807, 2.05) is 41.2 Å². The highest BCUT2D eigenvalue weighted by Crippen LogP contribution is 2.10. The van der Waals surface area contributed by atoms with Crippen LogP contribution in [0.3, 0.4) is 0 Å². The highest BCUT2D eigenvalue weighted by molar-refractivity contribution is 5.94. The van der Waals surface area contributed by atoms with Crippen LogP contribution in [0.2, 0.25) is 0 Å². The van der Waals surface area contributed by atoms with Gasteiger partial charge in [-0.05, 0) is 36.4 Å². The van der Waals surface area contributed by atoms with Crippen molar-refractivity contribution in [3.63, 3.8) is 0 Å². The first-order valence-corrected chi connectivity index (χ1v) is 6.53. The third-order valence-electron chi connectivity index (χ3n) is 3.00. The smallest absolute Gasteiger partial charge is 0.251 e. The Hall–Kier alpha value is -2.89. The molecule has 2 heterocycles. The van der Waals surface area contributed by atoms with Crippen LogP contribution in [0.1, 0.15) is 22.1 Å². The summed E-state index contributed by atoms with van der Waals surface area (Å²) in [6, 6.07) is 11.3. The summed E-state index contributed by atoms with van der Waals surface area (Å²) in [6.07, 6.45) is 3.90. The van der Waals surface area contributed by atoms with Crippen molar-refractivity contribution in [2.75, 3.05) is 0 Å². The SMILES string of the molecule is Cc1nnc(CNC(=O)c2ccc(-n3cccc3)cc2)o1. The van der Waals surface area contributed by atoms with Gasteiger partial charge in [0.25, 0.3) is 5.91 Å². The van der Waals surface area contributed by atoms with Crippen LogP contribution in [0.15, 0.2) is 53.2 Å². The van der Waals surface area contributed by atoms with Gasteiger partial charge in [0, 0.05) is 30.6 Å². The minimum absolute atomic E-state index is 0.176. The molecule has 0 fully saturated rings. The van der Waals surface area contributed by atoms with E-state index in [9.17, 15) is 4.79 Å². The predicted molar refractivity (Wildman–Crippen MR) is 76.0 cm³/mol. The second-order valence-corrected chi connectivity index (χ2v) is 4.53. The molecule has 3 rings (SSSR count). The number of aryl methyl sites for hydroxylation is 1. The van der Waals surface area contributed by atoms with Gasteiger partial charge < -0.3 is 14.3 Å². The first-order valence-electron chi connectivity index (χ1n) is 6.53. The molecule has 0 saturated heterocycles. The Morgan fingerprint density at radius 1 is 1.19 bits per heavy atom. The molecule has 0 unspecified atom stereocenters. The molecule has 0 saturated carbocycles. The fourth-order valence-electron chi connectivity index (χ4n) is 1.96. The lowest BCUT2D eigenvalue weighted by molar-refractivity contribution is 0.0947. The molecule has 0 spiro atoms. The minimum Gasteiger partial charge on any atom is -0.424 e. The summed E-state index contributed by atoms with van der Waals surface area (Å²) in [5, 5.41) is 10.3. The van der Waals surface area contributed by atoms with Crippen LogP contribution in [-0.2, 0) is 6.54 Å². The summed E-state index contributed by atoms with van der Waals surface area (Å²) >= 11 is 0. The molecule has 6 heteroatoms. The summed E-state index contributed by atoms with van der Waals surface area (Å²) in [5.41, 5.74) is 1.59. The number of carbonyl (C=O) groups excluding carboxylic acids is 1. The molecule has 1 aromatic carbocycles. The van der Waals surface area contributed by atoms with E-state index < -0.39 is 0 Å². The van der Waals surface area contributed by atoms with Crippen molar-refractivity contribution in [2.24, 2.45) is 0 Å². The predicted octanol–water partition coefficient (Wildman–Crippen LogP) is 2.10. The third kappa shape index (κ3) is 3.00. The van der Waals surface area contributed by atoms with Crippen LogP contribution in [0.25, 0.3) is 5.69 Å². The summed E-state index contributed by atoms with van der Waals surface area (Å²) in [7, 11) is 0. The van der Waals surface area contributed by atoms with Gasteiger partial charge in [0.2, 0.25) is 11.8 Å². The van der Waals surface area contributed by atoms with Gasteiger partial charge in [0.1, 0.15) is 0 Å². The van der Waals surface area contributed by atoms with Gasteiger partial charge in [-0.3, -0.25) is 4.79 Å². The molecule has 21 heavy (non-hydrogen) atoms. The molecule has 0 aliphatic rings. The van der Waals surface area contributed by atoms with Crippen LogP contribution >= 0.6 is 0 Å². The minimum atomic E-state index is -0.176. The Kier molecular flexibility index (Phi) is 3.51. The van der Waals surface area contributed by atoms with Gasteiger partial charge >= 0.3 is 0 Å². The van der Waals surface area contributed by atoms with E-state index in [1.54, 1.807) is 19.1 Å². The van der Waals surface area contributed by atoms with Gasteiger partial charge in [-0.1, -0.05) is 0 Å². The molecule has 6 nitrogen and oxygen atoms in total. The Balaban J connectivity index is 1.65. The van der Waals surface area contributed by atoms with E-state index in [2.05, 4.69) is 15.5 Å². The molecule has 1 N–H and O–H groups in total. The van der Waals surface area contributed by atoms with Gasteiger partial charge in [-0.15, -0.1) is 10.2 Å².